The van der Waals surface area contributed by atoms with Crippen LogP contribution in [0.3, 0.4) is 0 Å². The third-order valence-corrected chi connectivity index (χ3v) is 2.57. The molecular formula is C15H20O3. The van der Waals surface area contributed by atoms with E-state index in [9.17, 15) is 0 Å². The molecule has 2 unspecified atom stereocenters. The van der Waals surface area contributed by atoms with E-state index in [0.29, 0.717) is 12.2 Å². The summed E-state index contributed by atoms with van der Waals surface area (Å²) in [6.07, 6.45) is 4.91. The summed E-state index contributed by atoms with van der Waals surface area (Å²) in [5.74, 6) is 0. The van der Waals surface area contributed by atoms with Gasteiger partial charge in [-0.25, -0.2) is 0 Å². The van der Waals surface area contributed by atoms with Gasteiger partial charge in [0.05, 0.1) is 26.4 Å². The van der Waals surface area contributed by atoms with Crippen LogP contribution in [0.15, 0.2) is 36.4 Å². The number of rotatable bonds is 5. The molecule has 0 N–H and O–H groups in total. The van der Waals surface area contributed by atoms with E-state index in [0.717, 1.165) is 26.4 Å². The summed E-state index contributed by atoms with van der Waals surface area (Å²) < 4.78 is 15.1. The minimum Gasteiger partial charge on any atom is -0.376 e. The monoisotopic (exact) mass is 248 g/mol. The minimum atomic E-state index is 0.392. The van der Waals surface area contributed by atoms with Crippen molar-refractivity contribution in [3.8, 4) is 0 Å². The Kier molecular flexibility index (Phi) is 5.39. The van der Waals surface area contributed by atoms with Crippen LogP contribution in [0.1, 0.15) is 12.5 Å². The lowest BCUT2D eigenvalue weighted by atomic mass is 10.2. The van der Waals surface area contributed by atoms with E-state index in [1.165, 1.54) is 5.56 Å². The summed E-state index contributed by atoms with van der Waals surface area (Å²) >= 11 is 0. The summed E-state index contributed by atoms with van der Waals surface area (Å²) in [6, 6.07) is 10.3. The topological polar surface area (TPSA) is 34.3 Å². The van der Waals surface area contributed by atoms with Crippen molar-refractivity contribution < 1.29 is 14.2 Å². The first-order chi connectivity index (χ1) is 8.88. The number of allylic oxidation sites excluding steroid dienone is 1. The van der Waals surface area contributed by atoms with Crippen LogP contribution >= 0.6 is 0 Å². The van der Waals surface area contributed by atoms with Crippen LogP contribution in [0, 0.1) is 0 Å². The van der Waals surface area contributed by atoms with Gasteiger partial charge in [-0.1, -0.05) is 42.5 Å². The summed E-state index contributed by atoms with van der Waals surface area (Å²) in [5, 5.41) is 0. The second-order valence-corrected chi connectivity index (χ2v) is 4.36. The average molecular weight is 248 g/mol. The number of benzene rings is 1. The maximum Gasteiger partial charge on any atom is 0.104 e. The maximum absolute atomic E-state index is 5.23. The Morgan fingerprint density at radius 2 is 1.67 bits per heavy atom. The Labute approximate surface area is 108 Å². The lowest BCUT2D eigenvalue weighted by molar-refractivity contribution is 0.102. The van der Waals surface area contributed by atoms with Crippen LogP contribution in [0.4, 0.5) is 0 Å². The normalized spacial score (nSPS) is 24.5. The molecule has 0 bridgehead atoms. The van der Waals surface area contributed by atoms with E-state index >= 15 is 0 Å². The molecule has 18 heavy (non-hydrogen) atoms. The quantitative estimate of drug-likeness (QED) is 0.751. The van der Waals surface area contributed by atoms with Crippen LogP contribution < -0.4 is 0 Å². The first-order valence-corrected chi connectivity index (χ1v) is 6.37. The van der Waals surface area contributed by atoms with E-state index in [4.69, 9.17) is 14.2 Å². The molecule has 0 aromatic heterocycles. The fraction of sp³-hybridized carbons (Fsp3) is 0.467. The molecule has 0 aliphatic carbocycles. The van der Waals surface area contributed by atoms with E-state index < -0.39 is 0 Å². The van der Waals surface area contributed by atoms with E-state index in [2.05, 4.69) is 18.2 Å². The molecule has 2 aliphatic heterocycles. The molecule has 0 saturated carbocycles. The zero-order valence-electron chi connectivity index (χ0n) is 10.7. The molecule has 3 heteroatoms. The summed E-state index contributed by atoms with van der Waals surface area (Å²) in [5.41, 5.74) is 1.26. The third-order valence-electron chi connectivity index (χ3n) is 2.57. The maximum atomic E-state index is 5.23. The van der Waals surface area contributed by atoms with Gasteiger partial charge >= 0.3 is 0 Å². The molecule has 2 saturated heterocycles. The van der Waals surface area contributed by atoms with Crippen LogP contribution in [-0.4, -0.2) is 38.6 Å². The SMILES string of the molecule is C(OCC1CO1)C1CO1.CC=Cc1ccccc1. The van der Waals surface area contributed by atoms with Gasteiger partial charge < -0.3 is 14.2 Å². The van der Waals surface area contributed by atoms with Gasteiger partial charge in [0.2, 0.25) is 0 Å². The van der Waals surface area contributed by atoms with Gasteiger partial charge in [0.25, 0.3) is 0 Å². The van der Waals surface area contributed by atoms with Crippen LogP contribution in [0.5, 0.6) is 0 Å². The van der Waals surface area contributed by atoms with Gasteiger partial charge in [-0.2, -0.15) is 0 Å². The van der Waals surface area contributed by atoms with Crippen molar-refractivity contribution in [1.29, 1.82) is 0 Å². The van der Waals surface area contributed by atoms with Crippen molar-refractivity contribution in [2.24, 2.45) is 0 Å². The average Bonchev–Trinajstić information content (AvgIpc) is 3.27. The predicted molar refractivity (Wildman–Crippen MR) is 71.4 cm³/mol. The molecule has 0 amide bonds. The number of hydrogen-bond donors (Lipinski definition) is 0. The molecular weight excluding hydrogens is 228 g/mol. The van der Waals surface area contributed by atoms with Crippen molar-refractivity contribution in [1.82, 2.24) is 0 Å². The summed E-state index contributed by atoms with van der Waals surface area (Å²) in [7, 11) is 0. The minimum absolute atomic E-state index is 0.392. The van der Waals surface area contributed by atoms with Gasteiger partial charge in [0, 0.05) is 0 Å². The molecule has 2 fully saturated rings. The molecule has 0 spiro atoms. The lowest BCUT2D eigenvalue weighted by Crippen LogP contribution is -2.06. The van der Waals surface area contributed by atoms with Crippen molar-refractivity contribution >= 4 is 6.08 Å². The Bertz CT molecular complexity index is 341. The zero-order chi connectivity index (χ0) is 12.6. The number of hydrogen-bond acceptors (Lipinski definition) is 3. The number of epoxide rings is 2. The summed E-state index contributed by atoms with van der Waals surface area (Å²) in [4.78, 5) is 0. The molecule has 0 radical (unpaired) electrons. The van der Waals surface area contributed by atoms with Gasteiger partial charge in [-0.05, 0) is 12.5 Å². The first kappa shape index (κ1) is 13.3. The molecule has 2 heterocycles. The standard InChI is InChI=1S/C9H10.C6H10O3/c1-2-6-9-7-4-3-5-8-9;1(5-3-8-5)7-2-6-4-9-6/h2-8H,1H3;5-6H,1-4H2. The summed E-state index contributed by atoms with van der Waals surface area (Å²) in [6.45, 7) is 5.28. The van der Waals surface area contributed by atoms with Crippen molar-refractivity contribution in [2.45, 2.75) is 19.1 Å². The van der Waals surface area contributed by atoms with Crippen molar-refractivity contribution in [3.63, 3.8) is 0 Å². The van der Waals surface area contributed by atoms with Crippen molar-refractivity contribution in [3.05, 3.63) is 42.0 Å². The fourth-order valence-electron chi connectivity index (χ4n) is 1.42. The van der Waals surface area contributed by atoms with Gasteiger partial charge in [-0.3, -0.25) is 0 Å². The van der Waals surface area contributed by atoms with E-state index in [1.54, 1.807) is 0 Å². The Morgan fingerprint density at radius 1 is 1.11 bits per heavy atom. The highest BCUT2D eigenvalue weighted by Crippen LogP contribution is 2.12. The highest BCUT2D eigenvalue weighted by atomic mass is 16.6. The zero-order valence-corrected chi connectivity index (χ0v) is 10.7. The molecule has 1 aromatic rings. The molecule has 1 aromatic carbocycles. The molecule has 3 rings (SSSR count). The molecule has 2 atom stereocenters. The van der Waals surface area contributed by atoms with Crippen LogP contribution in [0.25, 0.3) is 6.08 Å². The second-order valence-electron chi connectivity index (χ2n) is 4.36. The smallest absolute Gasteiger partial charge is 0.104 e. The molecule has 2 aliphatic rings. The Hall–Kier alpha value is -1.16. The van der Waals surface area contributed by atoms with Gasteiger partial charge in [0.15, 0.2) is 0 Å². The van der Waals surface area contributed by atoms with Crippen LogP contribution in [-0.2, 0) is 14.2 Å². The molecule has 3 nitrogen and oxygen atoms in total. The van der Waals surface area contributed by atoms with Gasteiger partial charge in [0.1, 0.15) is 12.2 Å². The van der Waals surface area contributed by atoms with Gasteiger partial charge in [-0.15, -0.1) is 0 Å². The number of ether oxygens (including phenoxy) is 3. The predicted octanol–water partition coefficient (Wildman–Crippen LogP) is 2.52. The first-order valence-electron chi connectivity index (χ1n) is 6.37. The third kappa shape index (κ3) is 5.96. The Morgan fingerprint density at radius 3 is 2.11 bits per heavy atom. The second kappa shape index (κ2) is 7.31. The van der Waals surface area contributed by atoms with E-state index in [-0.39, 0.29) is 0 Å². The Balaban J connectivity index is 0.000000134. The van der Waals surface area contributed by atoms with Crippen molar-refractivity contribution in [2.75, 3.05) is 26.4 Å². The highest BCUT2D eigenvalue weighted by molar-refractivity contribution is 5.47. The molecule has 98 valence electrons. The highest BCUT2D eigenvalue weighted by Gasteiger charge is 2.26. The van der Waals surface area contributed by atoms with E-state index in [1.807, 2.05) is 31.2 Å². The fourth-order valence-corrected chi connectivity index (χ4v) is 1.42. The lowest BCUT2D eigenvalue weighted by Gasteiger charge is -1.95. The largest absolute Gasteiger partial charge is 0.376 e. The van der Waals surface area contributed by atoms with Crippen LogP contribution in [0.2, 0.25) is 0 Å².